The third kappa shape index (κ3) is 6.73. The Balaban J connectivity index is 0.782. The molecule has 1 aliphatic carbocycles. The number of hydrogen-bond acceptors (Lipinski definition) is 10. The first-order chi connectivity index (χ1) is 29.1. The largest absolute Gasteiger partial charge is 0.489 e. The Morgan fingerprint density at radius 2 is 1.49 bits per heavy atom. The number of rotatable bonds is 7. The lowest BCUT2D eigenvalue weighted by Gasteiger charge is -2.65. The highest BCUT2D eigenvalue weighted by Gasteiger charge is 2.67. The molecule has 0 aromatic heterocycles. The monoisotopic (exact) mass is 845 g/mol. The maximum Gasteiger partial charge on any atom is 0.262 e. The minimum absolute atomic E-state index is 0.0391. The first-order valence-electron chi connectivity index (χ1n) is 21.0. The van der Waals surface area contributed by atoms with Gasteiger partial charge >= 0.3 is 0 Å². The van der Waals surface area contributed by atoms with Gasteiger partial charge in [0, 0.05) is 98.0 Å². The standard InChI is InChI=1S/C46H48ClN7O7/c1-45(2)43(46(3,4)44(45)61-31-8-5-27(24-48)35(47)23-31)53-25-28-21-26(6-9-32(28)40(53)58)39(57)52-19-17-51(18-20-52)29-13-15-50(16-14-29)30-7-10-33-34(22-30)42(60)54(41(33)59)36-11-12-37(55)49-38(36)56/h5-10,21-23,29,36,43-44H,11-20,25H2,1-4H3,(H,49,55,56). The molecule has 4 fully saturated rings. The third-order valence-corrected chi connectivity index (χ3v) is 14.3. The second-order valence-corrected chi connectivity index (χ2v) is 18.7. The zero-order valence-electron chi connectivity index (χ0n) is 34.7. The van der Waals surface area contributed by atoms with Crippen molar-refractivity contribution in [2.45, 2.75) is 84.2 Å². The molecule has 14 nitrogen and oxygen atoms in total. The average molecular weight is 846 g/mol. The molecule has 3 aromatic carbocycles. The molecule has 1 unspecified atom stereocenters. The topological polar surface area (TPSA) is 164 Å². The van der Waals surface area contributed by atoms with Crippen LogP contribution in [0.1, 0.15) is 106 Å². The van der Waals surface area contributed by atoms with Crippen molar-refractivity contribution in [3.8, 4) is 11.8 Å². The minimum Gasteiger partial charge on any atom is -0.489 e. The summed E-state index contributed by atoms with van der Waals surface area (Å²) >= 11 is 6.29. The zero-order valence-corrected chi connectivity index (χ0v) is 35.5. The lowest BCUT2D eigenvalue weighted by atomic mass is 9.49. The van der Waals surface area contributed by atoms with Crippen molar-refractivity contribution in [1.29, 1.82) is 5.26 Å². The van der Waals surface area contributed by atoms with E-state index in [-0.39, 0.29) is 47.9 Å². The number of imide groups is 2. The van der Waals surface area contributed by atoms with Crippen LogP contribution in [0.5, 0.6) is 5.75 Å². The Morgan fingerprint density at radius 3 is 2.16 bits per heavy atom. The molecule has 61 heavy (non-hydrogen) atoms. The Bertz CT molecular complexity index is 2430. The van der Waals surface area contributed by atoms with Crippen LogP contribution < -0.4 is 15.0 Å². The summed E-state index contributed by atoms with van der Waals surface area (Å²) in [5, 5.41) is 11.8. The van der Waals surface area contributed by atoms with E-state index < -0.39 is 40.5 Å². The number of piperazine rings is 1. The Hall–Kier alpha value is -5.78. The quantitative estimate of drug-likeness (QED) is 0.325. The Kier molecular flexibility index (Phi) is 9.98. The van der Waals surface area contributed by atoms with Crippen molar-refractivity contribution in [2.75, 3.05) is 44.2 Å². The number of nitrogens with zero attached hydrogens (tertiary/aromatic N) is 6. The van der Waals surface area contributed by atoms with Gasteiger partial charge in [0.1, 0.15) is 24.0 Å². The summed E-state index contributed by atoms with van der Waals surface area (Å²) in [7, 11) is 0. The van der Waals surface area contributed by atoms with Gasteiger partial charge in [-0.15, -0.1) is 0 Å². The predicted molar refractivity (Wildman–Crippen MR) is 224 cm³/mol. The lowest BCUT2D eigenvalue weighted by Crippen LogP contribution is -2.74. The van der Waals surface area contributed by atoms with E-state index in [0.29, 0.717) is 53.1 Å². The van der Waals surface area contributed by atoms with Gasteiger partial charge in [0.2, 0.25) is 11.8 Å². The molecule has 3 aromatic rings. The van der Waals surface area contributed by atoms with Crippen LogP contribution in [0.4, 0.5) is 5.69 Å². The smallest absolute Gasteiger partial charge is 0.262 e. The number of carbonyl (C=O) groups is 6. The highest BCUT2D eigenvalue weighted by Crippen LogP contribution is 2.59. The number of nitrogens with one attached hydrogen (secondary N) is 1. The van der Waals surface area contributed by atoms with Crippen molar-refractivity contribution in [2.24, 2.45) is 10.8 Å². The fourth-order valence-electron chi connectivity index (χ4n) is 11.3. The number of nitriles is 1. The van der Waals surface area contributed by atoms with Gasteiger partial charge in [-0.1, -0.05) is 39.3 Å². The van der Waals surface area contributed by atoms with Crippen molar-refractivity contribution < 1.29 is 33.5 Å². The first-order valence-corrected chi connectivity index (χ1v) is 21.4. The molecule has 5 aliphatic heterocycles. The number of carbonyl (C=O) groups excluding carboxylic acids is 6. The summed E-state index contributed by atoms with van der Waals surface area (Å²) in [4.78, 5) is 87.9. The zero-order chi connectivity index (χ0) is 43.1. The Labute approximate surface area is 359 Å². The molecule has 0 radical (unpaired) electrons. The number of amides is 6. The number of anilines is 1. The fraction of sp³-hybridized carbons (Fsp3) is 0.457. The van der Waals surface area contributed by atoms with Crippen molar-refractivity contribution in [3.05, 3.63) is 93.0 Å². The molecule has 1 saturated carbocycles. The number of benzene rings is 3. The van der Waals surface area contributed by atoms with Crippen molar-refractivity contribution in [3.63, 3.8) is 0 Å². The highest BCUT2D eigenvalue weighted by molar-refractivity contribution is 6.31. The van der Waals surface area contributed by atoms with Crippen LogP contribution in [0.25, 0.3) is 0 Å². The number of halogens is 1. The van der Waals surface area contributed by atoms with E-state index in [1.165, 1.54) is 0 Å². The molecule has 3 saturated heterocycles. The van der Waals surface area contributed by atoms with E-state index >= 15 is 0 Å². The van der Waals surface area contributed by atoms with Gasteiger partial charge < -0.3 is 19.4 Å². The molecular weight excluding hydrogens is 798 g/mol. The number of ether oxygens (including phenoxy) is 1. The molecule has 15 heteroatoms. The van der Waals surface area contributed by atoms with Crippen LogP contribution in [-0.2, 0) is 16.1 Å². The van der Waals surface area contributed by atoms with Crippen LogP contribution in [0, 0.1) is 22.2 Å². The van der Waals surface area contributed by atoms with E-state index in [1.807, 2.05) is 21.9 Å². The van der Waals surface area contributed by atoms with Crippen LogP contribution in [0.3, 0.4) is 0 Å². The molecule has 1 atom stereocenters. The van der Waals surface area contributed by atoms with E-state index in [2.05, 4.69) is 48.9 Å². The van der Waals surface area contributed by atoms with E-state index in [1.54, 1.807) is 42.5 Å². The number of hydrogen-bond donors (Lipinski definition) is 1. The van der Waals surface area contributed by atoms with Gasteiger partial charge in [-0.25, -0.2) is 0 Å². The third-order valence-electron chi connectivity index (χ3n) is 13.9. The summed E-state index contributed by atoms with van der Waals surface area (Å²) in [6, 6.07) is 17.1. The predicted octanol–water partition coefficient (Wildman–Crippen LogP) is 4.88. The van der Waals surface area contributed by atoms with Crippen molar-refractivity contribution in [1.82, 2.24) is 24.9 Å². The van der Waals surface area contributed by atoms with Gasteiger partial charge in [-0.3, -0.25) is 43.9 Å². The second kappa shape index (κ2) is 15.0. The van der Waals surface area contributed by atoms with E-state index in [0.717, 1.165) is 55.2 Å². The minimum atomic E-state index is -0.997. The normalized spacial score (nSPS) is 24.9. The van der Waals surface area contributed by atoms with E-state index in [4.69, 9.17) is 16.3 Å². The van der Waals surface area contributed by atoms with Gasteiger partial charge in [0.15, 0.2) is 0 Å². The molecule has 6 amide bonds. The maximum atomic E-state index is 13.9. The first kappa shape index (κ1) is 40.6. The van der Waals surface area contributed by atoms with Crippen molar-refractivity contribution >= 4 is 52.7 Å². The molecule has 5 heterocycles. The number of piperidine rings is 2. The summed E-state index contributed by atoms with van der Waals surface area (Å²) in [5.74, 6) is -1.56. The van der Waals surface area contributed by atoms with Crippen LogP contribution in [-0.4, -0.2) is 119 Å². The average Bonchev–Trinajstić information content (AvgIpc) is 3.69. The lowest BCUT2D eigenvalue weighted by molar-refractivity contribution is -0.199. The Morgan fingerprint density at radius 1 is 0.803 bits per heavy atom. The van der Waals surface area contributed by atoms with E-state index in [9.17, 15) is 34.0 Å². The SMILES string of the molecule is CC1(C)C(Oc2ccc(C#N)c(Cl)c2)C(C)(C)C1N1Cc2cc(C(=O)N3CCN(C4CCN(c5ccc6c(c5)C(=O)N(C5CCC(=O)NC5=O)C6=O)CC4)CC3)ccc2C1=O. The van der Waals surface area contributed by atoms with Crippen LogP contribution in [0.15, 0.2) is 54.6 Å². The molecule has 0 bridgehead atoms. The molecule has 1 N–H and O–H groups in total. The molecule has 9 rings (SSSR count). The molecule has 0 spiro atoms. The van der Waals surface area contributed by atoms with Gasteiger partial charge in [-0.05, 0) is 73.4 Å². The van der Waals surface area contributed by atoms with Gasteiger partial charge in [-0.2, -0.15) is 5.26 Å². The fourth-order valence-corrected chi connectivity index (χ4v) is 11.5. The van der Waals surface area contributed by atoms with Crippen LogP contribution >= 0.6 is 11.6 Å². The summed E-state index contributed by atoms with van der Waals surface area (Å²) in [6.07, 6.45) is 1.78. The molecular formula is C46H48ClN7O7. The molecule has 316 valence electrons. The summed E-state index contributed by atoms with van der Waals surface area (Å²) in [5.41, 5.74) is 3.03. The number of fused-ring (bicyclic) bond motifs is 2. The summed E-state index contributed by atoms with van der Waals surface area (Å²) < 4.78 is 6.47. The summed E-state index contributed by atoms with van der Waals surface area (Å²) in [6.45, 7) is 13.1. The maximum absolute atomic E-state index is 13.9. The van der Waals surface area contributed by atoms with Crippen LogP contribution in [0.2, 0.25) is 5.02 Å². The van der Waals surface area contributed by atoms with Gasteiger partial charge in [0.25, 0.3) is 23.6 Å². The second-order valence-electron chi connectivity index (χ2n) is 18.3. The highest BCUT2D eigenvalue weighted by atomic mass is 35.5. The molecule has 6 aliphatic rings. The van der Waals surface area contributed by atoms with Gasteiger partial charge in [0.05, 0.1) is 21.7 Å².